The number of hydrogen-bond donors (Lipinski definition) is 2. The maximum Gasteiger partial charge on any atom is 0.287 e. The molecule has 3 aromatic rings. The summed E-state index contributed by atoms with van der Waals surface area (Å²) in [5, 5.41) is 4.75. The topological polar surface area (TPSA) is 94.2 Å². The first kappa shape index (κ1) is 20.8. The number of carbonyl (C=O) groups is 1. The van der Waals surface area contributed by atoms with Gasteiger partial charge in [-0.2, -0.15) is 5.10 Å². The number of H-pyrrole nitrogens is 1. The molecule has 8 nitrogen and oxygen atoms in total. The molecule has 30 heavy (non-hydrogen) atoms. The maximum absolute atomic E-state index is 12.5. The Morgan fingerprint density at radius 3 is 2.47 bits per heavy atom. The SMILES string of the molecule is C=CCOc1ccc(C=NNC(=O)c2cc3cc(OC)c(OC)c(OC)c3[nH]2)cc1. The molecule has 0 saturated carbocycles. The molecule has 0 aliphatic rings. The van der Waals surface area contributed by atoms with Gasteiger partial charge in [-0.1, -0.05) is 12.7 Å². The van der Waals surface area contributed by atoms with Gasteiger partial charge in [0.05, 0.1) is 33.1 Å². The number of fused-ring (bicyclic) bond motifs is 1. The van der Waals surface area contributed by atoms with Crippen LogP contribution in [0.25, 0.3) is 10.9 Å². The normalized spacial score (nSPS) is 10.8. The van der Waals surface area contributed by atoms with Gasteiger partial charge in [0.2, 0.25) is 5.75 Å². The summed E-state index contributed by atoms with van der Waals surface area (Å²) in [6.45, 7) is 4.05. The number of amides is 1. The van der Waals surface area contributed by atoms with Crippen LogP contribution in [0.2, 0.25) is 0 Å². The van der Waals surface area contributed by atoms with Gasteiger partial charge in [0, 0.05) is 5.39 Å². The first-order valence-electron chi connectivity index (χ1n) is 9.10. The van der Waals surface area contributed by atoms with Crippen LogP contribution < -0.4 is 24.4 Å². The number of nitrogens with one attached hydrogen (secondary N) is 2. The summed E-state index contributed by atoms with van der Waals surface area (Å²) >= 11 is 0. The highest BCUT2D eigenvalue weighted by Crippen LogP contribution is 2.43. The molecule has 0 aliphatic heterocycles. The highest BCUT2D eigenvalue weighted by atomic mass is 16.5. The standard InChI is InChI=1S/C22H23N3O5/c1-5-10-30-16-8-6-14(7-9-16)13-23-25-22(26)17-11-15-12-18(27-2)20(28-3)21(29-4)19(15)24-17/h5-9,11-13,24H,1,10H2,2-4H3,(H,25,26). The summed E-state index contributed by atoms with van der Waals surface area (Å²) in [6, 6.07) is 10.8. The predicted molar refractivity (Wildman–Crippen MR) is 115 cm³/mol. The summed E-state index contributed by atoms with van der Waals surface area (Å²) in [7, 11) is 4.58. The van der Waals surface area contributed by atoms with Gasteiger partial charge in [-0.3, -0.25) is 4.79 Å². The molecule has 0 saturated heterocycles. The number of nitrogens with zero attached hydrogens (tertiary/aromatic N) is 1. The van der Waals surface area contributed by atoms with E-state index in [9.17, 15) is 4.79 Å². The minimum absolute atomic E-state index is 0.323. The van der Waals surface area contributed by atoms with Crippen LogP contribution in [0, 0.1) is 0 Å². The molecule has 156 valence electrons. The van der Waals surface area contributed by atoms with Gasteiger partial charge in [0.15, 0.2) is 11.5 Å². The minimum Gasteiger partial charge on any atom is -0.493 e. The summed E-state index contributed by atoms with van der Waals surface area (Å²) < 4.78 is 21.6. The predicted octanol–water partition coefficient (Wildman–Crippen LogP) is 3.52. The largest absolute Gasteiger partial charge is 0.493 e. The second kappa shape index (κ2) is 9.51. The summed E-state index contributed by atoms with van der Waals surface area (Å²) in [4.78, 5) is 15.5. The van der Waals surface area contributed by atoms with E-state index in [-0.39, 0.29) is 0 Å². The molecule has 1 aromatic heterocycles. The Morgan fingerprint density at radius 1 is 1.10 bits per heavy atom. The van der Waals surface area contributed by atoms with Crippen molar-refractivity contribution in [2.24, 2.45) is 5.10 Å². The lowest BCUT2D eigenvalue weighted by atomic mass is 10.2. The molecule has 8 heteroatoms. The Bertz CT molecular complexity index is 1070. The average molecular weight is 409 g/mol. The van der Waals surface area contributed by atoms with Crippen LogP contribution in [0.3, 0.4) is 0 Å². The lowest BCUT2D eigenvalue weighted by molar-refractivity contribution is 0.0951. The van der Waals surface area contributed by atoms with Gasteiger partial charge >= 0.3 is 0 Å². The quantitative estimate of drug-likeness (QED) is 0.320. The van der Waals surface area contributed by atoms with Crippen LogP contribution >= 0.6 is 0 Å². The third-order valence-electron chi connectivity index (χ3n) is 4.29. The molecule has 0 fully saturated rings. The fraction of sp³-hybridized carbons (Fsp3) is 0.182. The van der Waals surface area contributed by atoms with Crippen LogP contribution in [0.1, 0.15) is 16.1 Å². The molecule has 0 aliphatic carbocycles. The van der Waals surface area contributed by atoms with Crippen molar-refractivity contribution in [3.63, 3.8) is 0 Å². The Morgan fingerprint density at radius 2 is 1.83 bits per heavy atom. The van der Waals surface area contributed by atoms with E-state index < -0.39 is 5.91 Å². The second-order valence-corrected chi connectivity index (χ2v) is 6.16. The van der Waals surface area contributed by atoms with Gasteiger partial charge in [0.25, 0.3) is 5.91 Å². The molecule has 3 rings (SSSR count). The lowest BCUT2D eigenvalue weighted by Gasteiger charge is -2.12. The highest BCUT2D eigenvalue weighted by Gasteiger charge is 2.19. The zero-order valence-electron chi connectivity index (χ0n) is 17.0. The van der Waals surface area contributed by atoms with Crippen LogP contribution in [0.15, 0.2) is 54.2 Å². The summed E-state index contributed by atoms with van der Waals surface area (Å²) in [5.74, 6) is 1.74. The van der Waals surface area contributed by atoms with Gasteiger partial charge in [-0.25, -0.2) is 5.43 Å². The number of benzene rings is 2. The fourth-order valence-electron chi connectivity index (χ4n) is 2.90. The first-order valence-corrected chi connectivity index (χ1v) is 9.10. The molecule has 1 amide bonds. The van der Waals surface area contributed by atoms with Crippen molar-refractivity contribution in [2.45, 2.75) is 0 Å². The smallest absolute Gasteiger partial charge is 0.287 e. The van der Waals surface area contributed by atoms with E-state index in [4.69, 9.17) is 18.9 Å². The van der Waals surface area contributed by atoms with Gasteiger partial charge in [-0.05, 0) is 42.0 Å². The number of rotatable bonds is 9. The van der Waals surface area contributed by atoms with Crippen LogP contribution in [-0.4, -0.2) is 45.0 Å². The van der Waals surface area contributed by atoms with Gasteiger partial charge in [-0.15, -0.1) is 0 Å². The van der Waals surface area contributed by atoms with Crippen molar-refractivity contribution in [2.75, 3.05) is 27.9 Å². The third-order valence-corrected chi connectivity index (χ3v) is 4.29. The van der Waals surface area contributed by atoms with E-state index in [0.29, 0.717) is 35.1 Å². The Hall–Kier alpha value is -3.94. The number of hydrogen-bond acceptors (Lipinski definition) is 6. The summed E-state index contributed by atoms with van der Waals surface area (Å²) in [6.07, 6.45) is 3.22. The molecule has 1 heterocycles. The average Bonchev–Trinajstić information content (AvgIpc) is 3.21. The number of methoxy groups -OCH3 is 3. The van der Waals surface area contributed by atoms with E-state index in [1.54, 1.807) is 24.4 Å². The molecular formula is C22H23N3O5. The highest BCUT2D eigenvalue weighted by molar-refractivity contribution is 6.01. The van der Waals surface area contributed by atoms with Crippen molar-refractivity contribution in [3.8, 4) is 23.0 Å². The Kier molecular flexibility index (Phi) is 6.59. The lowest BCUT2D eigenvalue weighted by Crippen LogP contribution is -2.17. The maximum atomic E-state index is 12.5. The first-order chi connectivity index (χ1) is 14.6. The minimum atomic E-state index is -0.395. The van der Waals surface area contributed by atoms with E-state index in [0.717, 1.165) is 16.7 Å². The van der Waals surface area contributed by atoms with Crippen molar-refractivity contribution in [1.29, 1.82) is 0 Å². The second-order valence-electron chi connectivity index (χ2n) is 6.16. The van der Waals surface area contributed by atoms with E-state index in [1.165, 1.54) is 21.3 Å². The Labute approximate surface area is 174 Å². The molecule has 2 N–H and O–H groups in total. The zero-order valence-corrected chi connectivity index (χ0v) is 17.0. The van der Waals surface area contributed by atoms with E-state index >= 15 is 0 Å². The van der Waals surface area contributed by atoms with E-state index in [2.05, 4.69) is 22.1 Å². The molecular weight excluding hydrogens is 386 g/mol. The van der Waals surface area contributed by atoms with Crippen LogP contribution in [-0.2, 0) is 0 Å². The van der Waals surface area contributed by atoms with Crippen molar-refractivity contribution >= 4 is 23.0 Å². The Balaban J connectivity index is 1.75. The number of ether oxygens (including phenoxy) is 4. The monoisotopic (exact) mass is 409 g/mol. The third kappa shape index (κ3) is 4.38. The number of hydrazone groups is 1. The molecule has 0 unspecified atom stereocenters. The van der Waals surface area contributed by atoms with Gasteiger partial charge in [0.1, 0.15) is 18.1 Å². The number of aromatic nitrogens is 1. The van der Waals surface area contributed by atoms with Crippen LogP contribution in [0.5, 0.6) is 23.0 Å². The molecule has 0 bridgehead atoms. The van der Waals surface area contributed by atoms with Gasteiger partial charge < -0.3 is 23.9 Å². The fourth-order valence-corrected chi connectivity index (χ4v) is 2.90. The molecule has 2 aromatic carbocycles. The van der Waals surface area contributed by atoms with Crippen LogP contribution in [0.4, 0.5) is 0 Å². The zero-order chi connectivity index (χ0) is 21.5. The molecule has 0 spiro atoms. The van der Waals surface area contributed by atoms with E-state index in [1.807, 2.05) is 24.3 Å². The van der Waals surface area contributed by atoms with Crippen molar-refractivity contribution in [3.05, 3.63) is 60.3 Å². The number of aromatic amines is 1. The number of carbonyl (C=O) groups excluding carboxylic acids is 1. The summed E-state index contributed by atoms with van der Waals surface area (Å²) in [5.41, 5.74) is 4.26. The van der Waals surface area contributed by atoms with Crippen molar-refractivity contribution < 1.29 is 23.7 Å². The molecule has 0 atom stereocenters. The van der Waals surface area contributed by atoms with Crippen molar-refractivity contribution in [1.82, 2.24) is 10.4 Å². The molecule has 0 radical (unpaired) electrons.